The third kappa shape index (κ3) is 3.05. The Hall–Kier alpha value is -1.91. The fourth-order valence-electron chi connectivity index (χ4n) is 1.06. The molecular formula is C10H8FO4-. The minimum absolute atomic E-state index is 0.159. The van der Waals surface area contributed by atoms with Crippen LogP contribution in [0, 0.1) is 5.82 Å². The van der Waals surface area contributed by atoms with Crippen LogP contribution in [0.5, 0.6) is 0 Å². The quantitative estimate of drug-likeness (QED) is 0.669. The summed E-state index contributed by atoms with van der Waals surface area (Å²) in [7, 11) is 0. The molecule has 1 aromatic carbocycles. The lowest BCUT2D eigenvalue weighted by Crippen LogP contribution is -2.32. The Balaban J connectivity index is 2.94. The number of carbonyl (C=O) groups excluding carboxylic acids is 2. The number of hydrogen-bond donors (Lipinski definition) is 0. The lowest BCUT2D eigenvalue weighted by atomic mass is 10.1. The molecule has 0 amide bonds. The van der Waals surface area contributed by atoms with Crippen LogP contribution in [0.1, 0.15) is 18.6 Å². The minimum atomic E-state index is -1.54. The lowest BCUT2D eigenvalue weighted by molar-refractivity contribution is -0.316. The van der Waals surface area contributed by atoms with Crippen molar-refractivity contribution in [2.45, 2.75) is 13.0 Å². The molecule has 15 heavy (non-hydrogen) atoms. The average Bonchev–Trinajstić information content (AvgIpc) is 2.15. The van der Waals surface area contributed by atoms with Gasteiger partial charge in [-0.15, -0.1) is 0 Å². The summed E-state index contributed by atoms with van der Waals surface area (Å²) in [5.74, 6) is -2.79. The van der Waals surface area contributed by atoms with Gasteiger partial charge in [0.05, 0.1) is 5.97 Å². The molecule has 0 N–H and O–H groups in total. The maximum atomic E-state index is 12.5. The van der Waals surface area contributed by atoms with Crippen LogP contribution < -0.4 is 5.11 Å². The van der Waals surface area contributed by atoms with E-state index in [1.165, 1.54) is 12.1 Å². The van der Waals surface area contributed by atoms with Gasteiger partial charge in [0.2, 0.25) is 0 Å². The number of halogens is 1. The number of esters is 1. The van der Waals surface area contributed by atoms with Gasteiger partial charge in [-0.05, 0) is 17.7 Å². The van der Waals surface area contributed by atoms with Crippen LogP contribution in [0.2, 0.25) is 0 Å². The summed E-state index contributed by atoms with van der Waals surface area (Å²) in [6, 6.07) is 4.60. The Labute approximate surface area is 85.3 Å². The monoisotopic (exact) mass is 211 g/mol. The van der Waals surface area contributed by atoms with Crippen molar-refractivity contribution >= 4 is 11.9 Å². The molecule has 0 saturated carbocycles. The van der Waals surface area contributed by atoms with Crippen LogP contribution >= 0.6 is 0 Å². The molecule has 0 aromatic heterocycles. The van der Waals surface area contributed by atoms with Crippen molar-refractivity contribution in [1.82, 2.24) is 0 Å². The standard InChI is InChI=1S/C10H9FO4/c1-6(12)15-9(10(13)14)7-2-4-8(11)5-3-7/h2-5,9H,1H3,(H,13,14)/p-1/t9-/m1/s1. The van der Waals surface area contributed by atoms with Crippen molar-refractivity contribution < 1.29 is 23.8 Å². The predicted octanol–water partition coefficient (Wildman–Crippen LogP) is 0.180. The zero-order valence-electron chi connectivity index (χ0n) is 7.90. The molecule has 0 unspecified atom stereocenters. The first-order chi connectivity index (χ1) is 7.00. The van der Waals surface area contributed by atoms with Gasteiger partial charge in [-0.25, -0.2) is 4.39 Å². The number of hydrogen-bond acceptors (Lipinski definition) is 4. The van der Waals surface area contributed by atoms with Crippen molar-refractivity contribution in [3.05, 3.63) is 35.6 Å². The summed E-state index contributed by atoms with van der Waals surface area (Å²) in [5.41, 5.74) is 0.159. The fraction of sp³-hybridized carbons (Fsp3) is 0.200. The molecule has 0 radical (unpaired) electrons. The zero-order chi connectivity index (χ0) is 11.4. The number of carbonyl (C=O) groups is 2. The first kappa shape index (κ1) is 11.2. The summed E-state index contributed by atoms with van der Waals surface area (Å²) < 4.78 is 17.1. The lowest BCUT2D eigenvalue weighted by Gasteiger charge is -2.17. The third-order valence-corrected chi connectivity index (χ3v) is 1.67. The number of rotatable bonds is 3. The number of benzene rings is 1. The van der Waals surface area contributed by atoms with Gasteiger partial charge in [0, 0.05) is 6.92 Å². The molecule has 1 atom stereocenters. The van der Waals surface area contributed by atoms with Gasteiger partial charge in [0.15, 0.2) is 6.10 Å². The molecule has 0 heterocycles. The van der Waals surface area contributed by atoms with Gasteiger partial charge >= 0.3 is 5.97 Å². The summed E-state index contributed by atoms with van der Waals surface area (Å²) in [6.07, 6.45) is -1.50. The molecule has 0 aliphatic carbocycles. The highest BCUT2D eigenvalue weighted by molar-refractivity contribution is 5.77. The van der Waals surface area contributed by atoms with Crippen LogP contribution in [0.15, 0.2) is 24.3 Å². The minimum Gasteiger partial charge on any atom is -0.546 e. The number of ether oxygens (including phenoxy) is 1. The molecule has 1 rings (SSSR count). The molecule has 1 aromatic rings. The second kappa shape index (κ2) is 4.54. The first-order valence-electron chi connectivity index (χ1n) is 4.14. The van der Waals surface area contributed by atoms with Crippen LogP contribution in [0.3, 0.4) is 0 Å². The SMILES string of the molecule is CC(=O)O[C@@H](C(=O)[O-])c1ccc(F)cc1. The second-order valence-corrected chi connectivity index (χ2v) is 2.86. The van der Waals surface area contributed by atoms with Crippen molar-refractivity contribution in [1.29, 1.82) is 0 Å². The van der Waals surface area contributed by atoms with E-state index in [1.807, 2.05) is 0 Å². The van der Waals surface area contributed by atoms with E-state index in [1.54, 1.807) is 0 Å². The van der Waals surface area contributed by atoms with E-state index >= 15 is 0 Å². The van der Waals surface area contributed by atoms with Crippen molar-refractivity contribution in [3.63, 3.8) is 0 Å². The van der Waals surface area contributed by atoms with E-state index in [0.29, 0.717) is 0 Å². The Bertz CT molecular complexity index is 372. The van der Waals surface area contributed by atoms with Crippen LogP contribution in [-0.2, 0) is 14.3 Å². The molecule has 0 fully saturated rings. The summed E-state index contributed by atoms with van der Waals surface area (Å²) in [5, 5.41) is 10.6. The topological polar surface area (TPSA) is 66.4 Å². The third-order valence-electron chi connectivity index (χ3n) is 1.67. The number of aliphatic carboxylic acids is 1. The molecule has 0 bridgehead atoms. The highest BCUT2D eigenvalue weighted by Crippen LogP contribution is 2.17. The fourth-order valence-corrected chi connectivity index (χ4v) is 1.06. The van der Waals surface area contributed by atoms with Gasteiger partial charge < -0.3 is 14.6 Å². The number of carboxylic acid groups (broad SMARTS) is 1. The van der Waals surface area contributed by atoms with Crippen molar-refractivity contribution in [2.75, 3.05) is 0 Å². The van der Waals surface area contributed by atoms with E-state index in [2.05, 4.69) is 4.74 Å². The van der Waals surface area contributed by atoms with Crippen LogP contribution in [-0.4, -0.2) is 11.9 Å². The Kier molecular flexibility index (Phi) is 3.38. The van der Waals surface area contributed by atoms with E-state index in [-0.39, 0.29) is 5.56 Å². The van der Waals surface area contributed by atoms with Gasteiger partial charge in [-0.2, -0.15) is 0 Å². The van der Waals surface area contributed by atoms with Gasteiger partial charge in [0.25, 0.3) is 0 Å². The molecular weight excluding hydrogens is 203 g/mol. The highest BCUT2D eigenvalue weighted by atomic mass is 19.1. The summed E-state index contributed by atoms with van der Waals surface area (Å²) >= 11 is 0. The molecule has 5 heteroatoms. The average molecular weight is 211 g/mol. The Morgan fingerprint density at radius 1 is 1.33 bits per heavy atom. The Morgan fingerprint density at radius 3 is 2.27 bits per heavy atom. The van der Waals surface area contributed by atoms with E-state index in [4.69, 9.17) is 0 Å². The van der Waals surface area contributed by atoms with Gasteiger partial charge in [-0.3, -0.25) is 4.79 Å². The molecule has 0 aliphatic heterocycles. The molecule has 0 spiro atoms. The van der Waals surface area contributed by atoms with Crippen LogP contribution in [0.25, 0.3) is 0 Å². The second-order valence-electron chi connectivity index (χ2n) is 2.86. The summed E-state index contributed by atoms with van der Waals surface area (Å²) in [6.45, 7) is 1.08. The smallest absolute Gasteiger partial charge is 0.303 e. The largest absolute Gasteiger partial charge is 0.546 e. The van der Waals surface area contributed by atoms with Crippen molar-refractivity contribution in [2.24, 2.45) is 0 Å². The normalized spacial score (nSPS) is 11.9. The molecule has 80 valence electrons. The van der Waals surface area contributed by atoms with Gasteiger partial charge in [-0.1, -0.05) is 12.1 Å². The molecule has 0 saturated heterocycles. The zero-order valence-corrected chi connectivity index (χ0v) is 7.90. The highest BCUT2D eigenvalue weighted by Gasteiger charge is 2.15. The maximum absolute atomic E-state index is 12.5. The van der Waals surface area contributed by atoms with Crippen LogP contribution in [0.4, 0.5) is 4.39 Å². The first-order valence-corrected chi connectivity index (χ1v) is 4.14. The maximum Gasteiger partial charge on any atom is 0.303 e. The predicted molar refractivity (Wildman–Crippen MR) is 45.9 cm³/mol. The van der Waals surface area contributed by atoms with Crippen molar-refractivity contribution in [3.8, 4) is 0 Å². The summed E-state index contributed by atoms with van der Waals surface area (Å²) in [4.78, 5) is 21.2. The molecule has 0 aliphatic rings. The van der Waals surface area contributed by atoms with E-state index < -0.39 is 23.9 Å². The van der Waals surface area contributed by atoms with E-state index in [9.17, 15) is 19.1 Å². The van der Waals surface area contributed by atoms with Gasteiger partial charge in [0.1, 0.15) is 5.82 Å². The number of carboxylic acids is 1. The van der Waals surface area contributed by atoms with E-state index in [0.717, 1.165) is 19.1 Å². The Morgan fingerprint density at radius 2 is 1.87 bits per heavy atom. The molecule has 4 nitrogen and oxygen atoms in total.